The van der Waals surface area contributed by atoms with Crippen LogP contribution in [0.5, 0.6) is 0 Å². The van der Waals surface area contributed by atoms with Gasteiger partial charge in [0.2, 0.25) is 0 Å². The molecule has 0 bridgehead atoms. The standard InChI is InChI=1S/C14H22BrNO/c1-12-10-13(6-7-14(12)15)11-16-8-4-2-3-5-9-17/h6-7,10,16-17H,2-5,8-9,11H2,1H3. The van der Waals surface area contributed by atoms with Crippen LogP contribution in [0.1, 0.15) is 36.8 Å². The summed E-state index contributed by atoms with van der Waals surface area (Å²) in [7, 11) is 0. The Labute approximate surface area is 113 Å². The Balaban J connectivity index is 2.11. The summed E-state index contributed by atoms with van der Waals surface area (Å²) >= 11 is 3.51. The minimum Gasteiger partial charge on any atom is -0.396 e. The van der Waals surface area contributed by atoms with E-state index in [1.165, 1.54) is 28.4 Å². The summed E-state index contributed by atoms with van der Waals surface area (Å²) in [5, 5.41) is 12.1. The molecule has 0 amide bonds. The van der Waals surface area contributed by atoms with Crippen molar-refractivity contribution in [3.05, 3.63) is 33.8 Å². The number of nitrogens with one attached hydrogen (secondary N) is 1. The van der Waals surface area contributed by atoms with Crippen molar-refractivity contribution in [3.63, 3.8) is 0 Å². The zero-order chi connectivity index (χ0) is 12.5. The number of hydrogen-bond acceptors (Lipinski definition) is 2. The van der Waals surface area contributed by atoms with Gasteiger partial charge in [-0.05, 0) is 43.5 Å². The Kier molecular flexibility index (Phi) is 7.49. The first kappa shape index (κ1) is 14.7. The molecule has 0 heterocycles. The van der Waals surface area contributed by atoms with E-state index in [2.05, 4.69) is 46.4 Å². The van der Waals surface area contributed by atoms with E-state index in [1.807, 2.05) is 0 Å². The highest BCUT2D eigenvalue weighted by Crippen LogP contribution is 2.16. The highest BCUT2D eigenvalue weighted by Gasteiger charge is 1.97. The summed E-state index contributed by atoms with van der Waals surface area (Å²) in [6.07, 6.45) is 4.46. The number of halogens is 1. The van der Waals surface area contributed by atoms with Gasteiger partial charge in [0.1, 0.15) is 0 Å². The zero-order valence-electron chi connectivity index (χ0n) is 10.5. The summed E-state index contributed by atoms with van der Waals surface area (Å²) < 4.78 is 1.17. The molecule has 0 atom stereocenters. The van der Waals surface area contributed by atoms with Crippen LogP contribution in [0, 0.1) is 6.92 Å². The lowest BCUT2D eigenvalue weighted by molar-refractivity contribution is 0.282. The molecule has 0 fully saturated rings. The fourth-order valence-electron chi connectivity index (χ4n) is 1.76. The topological polar surface area (TPSA) is 32.3 Å². The van der Waals surface area contributed by atoms with Crippen molar-refractivity contribution in [2.24, 2.45) is 0 Å². The van der Waals surface area contributed by atoms with Gasteiger partial charge >= 0.3 is 0 Å². The lowest BCUT2D eigenvalue weighted by Crippen LogP contribution is -2.14. The van der Waals surface area contributed by atoms with Crippen molar-refractivity contribution in [2.75, 3.05) is 13.2 Å². The van der Waals surface area contributed by atoms with E-state index in [-0.39, 0.29) is 0 Å². The van der Waals surface area contributed by atoms with Gasteiger partial charge in [-0.3, -0.25) is 0 Å². The van der Waals surface area contributed by atoms with Crippen molar-refractivity contribution in [1.29, 1.82) is 0 Å². The summed E-state index contributed by atoms with van der Waals surface area (Å²) in [6, 6.07) is 6.46. The van der Waals surface area contributed by atoms with Gasteiger partial charge in [0.15, 0.2) is 0 Å². The summed E-state index contributed by atoms with van der Waals surface area (Å²) in [5.74, 6) is 0. The first-order chi connectivity index (χ1) is 8.24. The van der Waals surface area contributed by atoms with Crippen LogP contribution >= 0.6 is 15.9 Å². The molecule has 1 aromatic carbocycles. The predicted octanol–water partition coefficient (Wildman–Crippen LogP) is 3.40. The first-order valence-corrected chi connectivity index (χ1v) is 7.10. The molecule has 0 aliphatic heterocycles. The third-order valence-corrected chi connectivity index (χ3v) is 3.70. The minimum atomic E-state index is 0.325. The molecule has 0 aromatic heterocycles. The number of aliphatic hydroxyl groups is 1. The molecule has 0 aliphatic rings. The van der Waals surface area contributed by atoms with Crippen LogP contribution in [0.4, 0.5) is 0 Å². The van der Waals surface area contributed by atoms with Crippen LogP contribution in [0.25, 0.3) is 0 Å². The van der Waals surface area contributed by atoms with Gasteiger partial charge in [0, 0.05) is 17.6 Å². The van der Waals surface area contributed by atoms with Crippen molar-refractivity contribution < 1.29 is 5.11 Å². The van der Waals surface area contributed by atoms with Gasteiger partial charge in [-0.15, -0.1) is 0 Å². The van der Waals surface area contributed by atoms with E-state index in [4.69, 9.17) is 5.11 Å². The number of unbranched alkanes of at least 4 members (excludes halogenated alkanes) is 3. The van der Waals surface area contributed by atoms with Crippen LogP contribution in [-0.4, -0.2) is 18.3 Å². The Bertz CT molecular complexity index is 328. The highest BCUT2D eigenvalue weighted by molar-refractivity contribution is 9.10. The van der Waals surface area contributed by atoms with Gasteiger partial charge in [0.25, 0.3) is 0 Å². The third-order valence-electron chi connectivity index (χ3n) is 2.81. The van der Waals surface area contributed by atoms with Gasteiger partial charge in [-0.25, -0.2) is 0 Å². The van der Waals surface area contributed by atoms with E-state index < -0.39 is 0 Å². The third kappa shape index (κ3) is 6.20. The fourth-order valence-corrected chi connectivity index (χ4v) is 2.01. The summed E-state index contributed by atoms with van der Waals surface area (Å²) in [6.45, 7) is 4.43. The molecular weight excluding hydrogens is 278 g/mol. The molecule has 0 saturated carbocycles. The van der Waals surface area contributed by atoms with E-state index in [9.17, 15) is 0 Å². The lowest BCUT2D eigenvalue weighted by Gasteiger charge is -2.06. The molecule has 17 heavy (non-hydrogen) atoms. The van der Waals surface area contributed by atoms with Crippen molar-refractivity contribution in [3.8, 4) is 0 Å². The Morgan fingerprint density at radius 3 is 2.65 bits per heavy atom. The predicted molar refractivity (Wildman–Crippen MR) is 76.1 cm³/mol. The molecule has 1 aromatic rings. The molecule has 96 valence electrons. The smallest absolute Gasteiger partial charge is 0.0431 e. The van der Waals surface area contributed by atoms with Crippen LogP contribution in [-0.2, 0) is 6.54 Å². The largest absolute Gasteiger partial charge is 0.396 e. The number of rotatable bonds is 8. The van der Waals surface area contributed by atoms with Crippen molar-refractivity contribution in [2.45, 2.75) is 39.2 Å². The molecule has 2 nitrogen and oxygen atoms in total. The Hall–Kier alpha value is -0.380. The van der Waals surface area contributed by atoms with E-state index in [0.717, 1.165) is 25.9 Å². The van der Waals surface area contributed by atoms with E-state index in [1.54, 1.807) is 0 Å². The molecule has 0 radical (unpaired) electrons. The minimum absolute atomic E-state index is 0.325. The summed E-state index contributed by atoms with van der Waals surface area (Å²) in [5.41, 5.74) is 2.62. The number of aryl methyl sites for hydroxylation is 1. The average molecular weight is 300 g/mol. The van der Waals surface area contributed by atoms with Gasteiger partial charge in [-0.1, -0.05) is 40.9 Å². The van der Waals surface area contributed by atoms with E-state index >= 15 is 0 Å². The summed E-state index contributed by atoms with van der Waals surface area (Å²) in [4.78, 5) is 0. The van der Waals surface area contributed by atoms with Gasteiger partial charge in [-0.2, -0.15) is 0 Å². The molecule has 0 unspecified atom stereocenters. The molecule has 2 N–H and O–H groups in total. The van der Waals surface area contributed by atoms with Crippen LogP contribution in [0.3, 0.4) is 0 Å². The molecule has 3 heteroatoms. The molecule has 1 rings (SSSR count). The second kappa shape index (κ2) is 8.67. The maximum Gasteiger partial charge on any atom is 0.0431 e. The van der Waals surface area contributed by atoms with Gasteiger partial charge < -0.3 is 10.4 Å². The fraction of sp³-hybridized carbons (Fsp3) is 0.571. The number of hydrogen-bond donors (Lipinski definition) is 2. The highest BCUT2D eigenvalue weighted by atomic mass is 79.9. The zero-order valence-corrected chi connectivity index (χ0v) is 12.1. The van der Waals surface area contributed by atoms with E-state index in [0.29, 0.717) is 6.61 Å². The molecular formula is C14H22BrNO. The number of aliphatic hydroxyl groups excluding tert-OH is 1. The van der Waals surface area contributed by atoms with Crippen LogP contribution < -0.4 is 5.32 Å². The lowest BCUT2D eigenvalue weighted by atomic mass is 10.1. The quantitative estimate of drug-likeness (QED) is 0.721. The number of benzene rings is 1. The average Bonchev–Trinajstić information content (AvgIpc) is 2.32. The SMILES string of the molecule is Cc1cc(CNCCCCCCO)ccc1Br. The first-order valence-electron chi connectivity index (χ1n) is 6.30. The van der Waals surface area contributed by atoms with Crippen molar-refractivity contribution >= 4 is 15.9 Å². The molecule has 0 aliphatic carbocycles. The second-order valence-corrected chi connectivity index (χ2v) is 5.25. The van der Waals surface area contributed by atoms with Crippen molar-refractivity contribution in [1.82, 2.24) is 5.32 Å². The second-order valence-electron chi connectivity index (χ2n) is 4.40. The maximum absolute atomic E-state index is 8.65. The molecule has 0 spiro atoms. The Morgan fingerprint density at radius 2 is 1.94 bits per heavy atom. The maximum atomic E-state index is 8.65. The Morgan fingerprint density at radius 1 is 1.18 bits per heavy atom. The monoisotopic (exact) mass is 299 g/mol. The van der Waals surface area contributed by atoms with Gasteiger partial charge in [0.05, 0.1) is 0 Å². The normalized spacial score (nSPS) is 10.8. The van der Waals surface area contributed by atoms with Crippen LogP contribution in [0.2, 0.25) is 0 Å². The van der Waals surface area contributed by atoms with Crippen LogP contribution in [0.15, 0.2) is 22.7 Å². The molecule has 0 saturated heterocycles.